The van der Waals surface area contributed by atoms with Crippen molar-refractivity contribution in [3.63, 3.8) is 0 Å². The van der Waals surface area contributed by atoms with E-state index in [9.17, 15) is 0 Å². The number of nitrogens with two attached hydrogens (primary N) is 1. The molecule has 3 N–H and O–H groups in total. The lowest BCUT2D eigenvalue weighted by Gasteiger charge is -2.03. The van der Waals surface area contributed by atoms with Gasteiger partial charge in [-0.3, -0.25) is 5.43 Å². The van der Waals surface area contributed by atoms with Gasteiger partial charge in [-0.25, -0.2) is 0 Å². The van der Waals surface area contributed by atoms with E-state index in [1.54, 1.807) is 0 Å². The van der Waals surface area contributed by atoms with Gasteiger partial charge in [0.1, 0.15) is 11.1 Å². The minimum absolute atomic E-state index is 0.0152. The molecule has 0 saturated carbocycles. The molecular weight excluding hydrogens is 208 g/mol. The van der Waals surface area contributed by atoms with Crippen molar-refractivity contribution in [1.82, 2.24) is 0 Å². The van der Waals surface area contributed by atoms with Crippen LogP contribution in [0.3, 0.4) is 0 Å². The second-order valence-corrected chi connectivity index (χ2v) is 3.30. The van der Waals surface area contributed by atoms with E-state index >= 15 is 0 Å². The van der Waals surface area contributed by atoms with Crippen LogP contribution < -0.4 is 11.2 Å². The first-order valence-electron chi connectivity index (χ1n) is 4.24. The monoisotopic (exact) mass is 218 g/mol. The number of thiocarbonyl (C=S) groups is 1. The normalized spacial score (nSPS) is 10.5. The Bertz CT molecular complexity index is 445. The molecule has 0 atom stereocenters. The maximum Gasteiger partial charge on any atom is 0.194 e. The number of anilines is 1. The Morgan fingerprint density at radius 3 is 2.73 bits per heavy atom. The fraction of sp³-hybridized carbons (Fsp3) is 0.100. The van der Waals surface area contributed by atoms with Crippen LogP contribution in [-0.4, -0.2) is 10.7 Å². The zero-order valence-corrected chi connectivity index (χ0v) is 9.01. The molecule has 0 heterocycles. The molecule has 76 valence electrons. The first-order valence-corrected chi connectivity index (χ1v) is 4.65. The number of nitrogens with zero attached hydrogens (tertiary/aromatic N) is 2. The molecular formula is C10H10N4S. The molecule has 0 unspecified atom stereocenters. The molecule has 0 aromatic heterocycles. The molecule has 0 fully saturated rings. The number of hydrazone groups is 1. The maximum absolute atomic E-state index is 8.66. The van der Waals surface area contributed by atoms with Gasteiger partial charge < -0.3 is 5.73 Å². The van der Waals surface area contributed by atoms with Crippen LogP contribution in [0.1, 0.15) is 5.56 Å². The summed E-state index contributed by atoms with van der Waals surface area (Å²) in [5.41, 5.74) is 9.90. The van der Waals surface area contributed by atoms with E-state index in [0.717, 1.165) is 11.3 Å². The van der Waals surface area contributed by atoms with Gasteiger partial charge in [0.2, 0.25) is 0 Å². The molecule has 5 heteroatoms. The summed E-state index contributed by atoms with van der Waals surface area (Å²) in [6.45, 7) is 1.94. The summed E-state index contributed by atoms with van der Waals surface area (Å²) in [5, 5.41) is 12.5. The first kappa shape index (κ1) is 11.1. The van der Waals surface area contributed by atoms with E-state index in [0.29, 0.717) is 0 Å². The van der Waals surface area contributed by atoms with Gasteiger partial charge in [0.15, 0.2) is 5.71 Å². The lowest BCUT2D eigenvalue weighted by atomic mass is 10.2. The largest absolute Gasteiger partial charge is 0.387 e. The third kappa shape index (κ3) is 3.04. The summed E-state index contributed by atoms with van der Waals surface area (Å²) < 4.78 is 0. The van der Waals surface area contributed by atoms with E-state index in [2.05, 4.69) is 22.7 Å². The van der Waals surface area contributed by atoms with Crippen LogP contribution in [0, 0.1) is 18.3 Å². The van der Waals surface area contributed by atoms with Crippen molar-refractivity contribution in [2.75, 3.05) is 5.43 Å². The Balaban J connectivity index is 2.85. The topological polar surface area (TPSA) is 74.2 Å². The van der Waals surface area contributed by atoms with Gasteiger partial charge in [-0.2, -0.15) is 10.4 Å². The quantitative estimate of drug-likeness (QED) is 0.459. The van der Waals surface area contributed by atoms with Crippen molar-refractivity contribution >= 4 is 28.6 Å². The van der Waals surface area contributed by atoms with Gasteiger partial charge in [0.05, 0.1) is 5.69 Å². The number of rotatable bonds is 3. The van der Waals surface area contributed by atoms with Crippen LogP contribution in [0.4, 0.5) is 5.69 Å². The molecule has 0 aliphatic rings. The number of hydrogen-bond acceptors (Lipinski definition) is 4. The minimum atomic E-state index is -0.0152. The van der Waals surface area contributed by atoms with Gasteiger partial charge in [0, 0.05) is 0 Å². The third-order valence-corrected chi connectivity index (χ3v) is 1.97. The highest BCUT2D eigenvalue weighted by Gasteiger charge is 2.01. The fourth-order valence-electron chi connectivity index (χ4n) is 0.950. The number of nitriles is 1. The molecule has 0 bridgehead atoms. The van der Waals surface area contributed by atoms with E-state index in [4.69, 9.17) is 11.0 Å². The fourth-order valence-corrected chi connectivity index (χ4v) is 1.04. The van der Waals surface area contributed by atoms with Gasteiger partial charge in [-0.1, -0.05) is 30.4 Å². The van der Waals surface area contributed by atoms with E-state index in [1.807, 2.05) is 37.3 Å². The Labute approximate surface area is 93.4 Å². The molecule has 1 rings (SSSR count). The molecule has 0 saturated heterocycles. The van der Waals surface area contributed by atoms with Crippen molar-refractivity contribution in [2.45, 2.75) is 6.92 Å². The molecule has 1 aromatic rings. The average Bonchev–Trinajstić information content (AvgIpc) is 2.21. The minimum Gasteiger partial charge on any atom is -0.387 e. The summed E-state index contributed by atoms with van der Waals surface area (Å²) in [6.07, 6.45) is 0. The van der Waals surface area contributed by atoms with Crippen molar-refractivity contribution in [1.29, 1.82) is 5.26 Å². The molecule has 4 nitrogen and oxygen atoms in total. The van der Waals surface area contributed by atoms with Gasteiger partial charge >= 0.3 is 0 Å². The van der Waals surface area contributed by atoms with E-state index < -0.39 is 0 Å². The smallest absolute Gasteiger partial charge is 0.194 e. The lowest BCUT2D eigenvalue weighted by Crippen LogP contribution is -2.20. The SMILES string of the molecule is Cc1ccccc1NN=C(C#N)C(N)=S. The number of benzene rings is 1. The van der Waals surface area contributed by atoms with Crippen LogP contribution in [-0.2, 0) is 0 Å². The van der Waals surface area contributed by atoms with Crippen molar-refractivity contribution in [3.05, 3.63) is 29.8 Å². The second-order valence-electron chi connectivity index (χ2n) is 2.86. The number of aryl methyl sites for hydroxylation is 1. The highest BCUT2D eigenvalue weighted by molar-refractivity contribution is 7.82. The molecule has 0 aliphatic heterocycles. The molecule has 1 aromatic carbocycles. The molecule has 15 heavy (non-hydrogen) atoms. The first-order chi connectivity index (χ1) is 7.15. The van der Waals surface area contributed by atoms with Crippen LogP contribution in [0.25, 0.3) is 0 Å². The standard InChI is InChI=1S/C10H10N4S/c1-7-4-2-3-5-8(7)13-14-9(6-11)10(12)15/h2-5,13H,1H3,(H2,12,15). The Morgan fingerprint density at radius 1 is 1.53 bits per heavy atom. The summed E-state index contributed by atoms with van der Waals surface area (Å²) in [4.78, 5) is -0.0152. The van der Waals surface area contributed by atoms with E-state index in [1.165, 1.54) is 0 Å². The van der Waals surface area contributed by atoms with Crippen LogP contribution in [0.2, 0.25) is 0 Å². The Morgan fingerprint density at radius 2 is 2.20 bits per heavy atom. The zero-order valence-electron chi connectivity index (χ0n) is 8.19. The van der Waals surface area contributed by atoms with Crippen molar-refractivity contribution < 1.29 is 0 Å². The third-order valence-electron chi connectivity index (χ3n) is 1.77. The van der Waals surface area contributed by atoms with Crippen LogP contribution in [0.5, 0.6) is 0 Å². The predicted octanol–water partition coefficient (Wildman–Crippen LogP) is 1.57. The zero-order chi connectivity index (χ0) is 11.3. The highest BCUT2D eigenvalue weighted by atomic mass is 32.1. The number of hydrogen-bond donors (Lipinski definition) is 2. The Kier molecular flexibility index (Phi) is 3.77. The predicted molar refractivity (Wildman–Crippen MR) is 64.6 cm³/mol. The number of nitrogens with one attached hydrogen (secondary N) is 1. The molecule has 0 radical (unpaired) electrons. The maximum atomic E-state index is 8.66. The van der Waals surface area contributed by atoms with Crippen LogP contribution in [0.15, 0.2) is 29.4 Å². The summed E-state index contributed by atoms with van der Waals surface area (Å²) in [6, 6.07) is 9.39. The lowest BCUT2D eigenvalue weighted by molar-refractivity contribution is 1.31. The Hall–Kier alpha value is -1.93. The molecule has 0 amide bonds. The highest BCUT2D eigenvalue weighted by Crippen LogP contribution is 2.12. The summed E-state index contributed by atoms with van der Waals surface area (Å²) in [7, 11) is 0. The number of para-hydroxylation sites is 1. The summed E-state index contributed by atoms with van der Waals surface area (Å²) >= 11 is 4.65. The van der Waals surface area contributed by atoms with Gasteiger partial charge in [-0.15, -0.1) is 0 Å². The van der Waals surface area contributed by atoms with Gasteiger partial charge in [-0.05, 0) is 18.6 Å². The van der Waals surface area contributed by atoms with Crippen LogP contribution >= 0.6 is 12.2 Å². The molecule has 0 aliphatic carbocycles. The van der Waals surface area contributed by atoms with Gasteiger partial charge in [0.25, 0.3) is 0 Å². The molecule has 0 spiro atoms. The summed E-state index contributed by atoms with van der Waals surface area (Å²) in [5.74, 6) is 0. The van der Waals surface area contributed by atoms with Crippen molar-refractivity contribution in [2.24, 2.45) is 10.8 Å². The van der Waals surface area contributed by atoms with Crippen molar-refractivity contribution in [3.8, 4) is 6.07 Å². The van der Waals surface area contributed by atoms with E-state index in [-0.39, 0.29) is 10.7 Å². The average molecular weight is 218 g/mol. The second kappa shape index (κ2) is 5.08.